The Kier molecular flexibility index (Phi) is 2.91. The SMILES string of the molecule is O=Cc1ccc(CC(F)F)cc1. The fourth-order valence-corrected chi connectivity index (χ4v) is 0.910. The Balaban J connectivity index is 2.71. The number of aldehydes is 1. The molecule has 0 atom stereocenters. The van der Waals surface area contributed by atoms with Crippen molar-refractivity contribution in [3.05, 3.63) is 35.4 Å². The molecule has 0 radical (unpaired) electrons. The molecule has 1 aromatic carbocycles. The lowest BCUT2D eigenvalue weighted by Crippen LogP contribution is -1.96. The zero-order chi connectivity index (χ0) is 8.97. The van der Waals surface area contributed by atoms with E-state index in [-0.39, 0.29) is 6.42 Å². The maximum absolute atomic E-state index is 11.8. The second-order valence-electron chi connectivity index (χ2n) is 2.45. The van der Waals surface area contributed by atoms with Crippen LogP contribution in [0.15, 0.2) is 24.3 Å². The average molecular weight is 170 g/mol. The van der Waals surface area contributed by atoms with E-state index in [0.717, 1.165) is 0 Å². The third-order valence-electron chi connectivity index (χ3n) is 1.51. The topological polar surface area (TPSA) is 17.1 Å². The van der Waals surface area contributed by atoms with E-state index < -0.39 is 6.43 Å². The molecule has 64 valence electrons. The van der Waals surface area contributed by atoms with Gasteiger partial charge < -0.3 is 0 Å². The molecule has 3 heteroatoms. The smallest absolute Gasteiger partial charge is 0.242 e. The van der Waals surface area contributed by atoms with Crippen molar-refractivity contribution in [2.75, 3.05) is 0 Å². The van der Waals surface area contributed by atoms with E-state index in [1.165, 1.54) is 24.3 Å². The summed E-state index contributed by atoms with van der Waals surface area (Å²) >= 11 is 0. The summed E-state index contributed by atoms with van der Waals surface area (Å²) in [6, 6.07) is 6.14. The van der Waals surface area contributed by atoms with Crippen LogP contribution in [0.3, 0.4) is 0 Å². The third-order valence-corrected chi connectivity index (χ3v) is 1.51. The van der Waals surface area contributed by atoms with Crippen molar-refractivity contribution in [1.82, 2.24) is 0 Å². The molecule has 0 bridgehead atoms. The standard InChI is InChI=1S/C9H8F2O/c10-9(11)5-7-1-3-8(6-12)4-2-7/h1-4,6,9H,5H2. The summed E-state index contributed by atoms with van der Waals surface area (Å²) in [5, 5.41) is 0. The summed E-state index contributed by atoms with van der Waals surface area (Å²) in [6.07, 6.45) is -1.89. The lowest BCUT2D eigenvalue weighted by atomic mass is 10.1. The highest BCUT2D eigenvalue weighted by atomic mass is 19.3. The van der Waals surface area contributed by atoms with Crippen LogP contribution in [0.2, 0.25) is 0 Å². The first-order valence-electron chi connectivity index (χ1n) is 3.54. The summed E-state index contributed by atoms with van der Waals surface area (Å²) in [7, 11) is 0. The maximum atomic E-state index is 11.8. The van der Waals surface area contributed by atoms with E-state index in [0.29, 0.717) is 17.4 Å². The first-order chi connectivity index (χ1) is 5.72. The first-order valence-corrected chi connectivity index (χ1v) is 3.54. The largest absolute Gasteiger partial charge is 0.298 e. The Morgan fingerprint density at radius 1 is 1.25 bits per heavy atom. The van der Waals surface area contributed by atoms with Gasteiger partial charge in [-0.25, -0.2) is 8.78 Å². The second kappa shape index (κ2) is 3.95. The molecule has 0 aliphatic rings. The molecule has 0 aromatic heterocycles. The van der Waals surface area contributed by atoms with Gasteiger partial charge in [-0.15, -0.1) is 0 Å². The van der Waals surface area contributed by atoms with E-state index in [9.17, 15) is 13.6 Å². The average Bonchev–Trinajstić information content (AvgIpc) is 2.05. The number of carbonyl (C=O) groups excluding carboxylic acids is 1. The highest BCUT2D eigenvalue weighted by Gasteiger charge is 2.03. The Bertz CT molecular complexity index is 254. The van der Waals surface area contributed by atoms with E-state index in [1.807, 2.05) is 0 Å². The van der Waals surface area contributed by atoms with Crippen LogP contribution in [0.25, 0.3) is 0 Å². The molecular weight excluding hydrogens is 162 g/mol. The number of hydrogen-bond acceptors (Lipinski definition) is 1. The summed E-state index contributed by atoms with van der Waals surface area (Å²) in [5.74, 6) is 0. The van der Waals surface area contributed by atoms with Crippen molar-refractivity contribution >= 4 is 6.29 Å². The zero-order valence-corrected chi connectivity index (χ0v) is 6.34. The van der Waals surface area contributed by atoms with E-state index in [4.69, 9.17) is 0 Å². The van der Waals surface area contributed by atoms with Crippen LogP contribution in [-0.2, 0) is 6.42 Å². The predicted octanol–water partition coefficient (Wildman–Crippen LogP) is 2.31. The molecule has 0 fully saturated rings. The van der Waals surface area contributed by atoms with Crippen molar-refractivity contribution in [1.29, 1.82) is 0 Å². The monoisotopic (exact) mass is 170 g/mol. The molecule has 1 aromatic rings. The molecular formula is C9H8F2O. The molecule has 12 heavy (non-hydrogen) atoms. The van der Waals surface area contributed by atoms with Gasteiger partial charge in [0.1, 0.15) is 6.29 Å². The zero-order valence-electron chi connectivity index (χ0n) is 6.34. The summed E-state index contributed by atoms with van der Waals surface area (Å²) < 4.78 is 23.7. The molecule has 0 saturated carbocycles. The third kappa shape index (κ3) is 2.42. The van der Waals surface area contributed by atoms with Gasteiger partial charge in [0.2, 0.25) is 6.43 Å². The number of alkyl halides is 2. The van der Waals surface area contributed by atoms with Crippen LogP contribution >= 0.6 is 0 Å². The molecule has 0 heterocycles. The fraction of sp³-hybridized carbons (Fsp3) is 0.222. The molecule has 1 rings (SSSR count). The number of halogens is 2. The van der Waals surface area contributed by atoms with Gasteiger partial charge >= 0.3 is 0 Å². The molecule has 0 spiro atoms. The molecule has 0 amide bonds. The van der Waals surface area contributed by atoms with Crippen LogP contribution < -0.4 is 0 Å². The predicted molar refractivity (Wildman–Crippen MR) is 41.5 cm³/mol. The van der Waals surface area contributed by atoms with E-state index in [1.54, 1.807) is 0 Å². The molecule has 0 aliphatic carbocycles. The summed E-state index contributed by atoms with van der Waals surface area (Å²) in [4.78, 5) is 10.2. The number of rotatable bonds is 3. The van der Waals surface area contributed by atoms with Crippen LogP contribution in [0.1, 0.15) is 15.9 Å². The lowest BCUT2D eigenvalue weighted by Gasteiger charge is -1.99. The van der Waals surface area contributed by atoms with Crippen molar-refractivity contribution in [3.63, 3.8) is 0 Å². The second-order valence-corrected chi connectivity index (χ2v) is 2.45. The number of benzene rings is 1. The number of hydrogen-bond donors (Lipinski definition) is 0. The molecule has 0 unspecified atom stereocenters. The summed E-state index contributed by atoms with van der Waals surface area (Å²) in [5.41, 5.74) is 1.06. The van der Waals surface area contributed by atoms with Gasteiger partial charge in [-0.2, -0.15) is 0 Å². The van der Waals surface area contributed by atoms with Crippen molar-refractivity contribution in [2.24, 2.45) is 0 Å². The highest BCUT2D eigenvalue weighted by Crippen LogP contribution is 2.07. The highest BCUT2D eigenvalue weighted by molar-refractivity contribution is 5.74. The van der Waals surface area contributed by atoms with Gasteiger partial charge in [0.25, 0.3) is 0 Å². The van der Waals surface area contributed by atoms with Crippen molar-refractivity contribution < 1.29 is 13.6 Å². The van der Waals surface area contributed by atoms with Crippen molar-refractivity contribution in [2.45, 2.75) is 12.8 Å². The maximum Gasteiger partial charge on any atom is 0.242 e. The van der Waals surface area contributed by atoms with Crippen LogP contribution in [-0.4, -0.2) is 12.7 Å². The van der Waals surface area contributed by atoms with Gasteiger partial charge in [-0.1, -0.05) is 24.3 Å². The van der Waals surface area contributed by atoms with Gasteiger partial charge in [0.15, 0.2) is 0 Å². The molecule has 0 saturated heterocycles. The van der Waals surface area contributed by atoms with Crippen molar-refractivity contribution in [3.8, 4) is 0 Å². The first kappa shape index (κ1) is 8.84. The Morgan fingerprint density at radius 3 is 2.25 bits per heavy atom. The molecule has 0 aliphatic heterocycles. The van der Waals surface area contributed by atoms with Crippen LogP contribution in [0, 0.1) is 0 Å². The van der Waals surface area contributed by atoms with Gasteiger partial charge in [-0.05, 0) is 5.56 Å². The Labute approximate surface area is 69.0 Å². The van der Waals surface area contributed by atoms with E-state index in [2.05, 4.69) is 0 Å². The summed E-state index contributed by atoms with van der Waals surface area (Å²) in [6.45, 7) is 0. The Hall–Kier alpha value is -1.25. The van der Waals surface area contributed by atoms with Gasteiger partial charge in [0, 0.05) is 12.0 Å². The van der Waals surface area contributed by atoms with E-state index >= 15 is 0 Å². The normalized spacial score (nSPS) is 10.2. The quantitative estimate of drug-likeness (QED) is 0.636. The van der Waals surface area contributed by atoms with Gasteiger partial charge in [0.05, 0.1) is 0 Å². The molecule has 1 nitrogen and oxygen atoms in total. The fourth-order valence-electron chi connectivity index (χ4n) is 0.910. The van der Waals surface area contributed by atoms with Gasteiger partial charge in [-0.3, -0.25) is 4.79 Å². The Morgan fingerprint density at radius 2 is 1.83 bits per heavy atom. The minimum atomic E-state index is -2.33. The minimum absolute atomic E-state index is 0.251. The minimum Gasteiger partial charge on any atom is -0.298 e. The molecule has 0 N–H and O–H groups in total. The number of carbonyl (C=O) groups is 1. The lowest BCUT2D eigenvalue weighted by molar-refractivity contribution is 0.112. The van der Waals surface area contributed by atoms with Crippen LogP contribution in [0.5, 0.6) is 0 Å². The van der Waals surface area contributed by atoms with Crippen LogP contribution in [0.4, 0.5) is 8.78 Å².